The first-order chi connectivity index (χ1) is 12.4. The summed E-state index contributed by atoms with van der Waals surface area (Å²) < 4.78 is 1.40. The number of aliphatic hydroxyl groups is 1. The maximum absolute atomic E-state index is 10.7. The molecule has 0 aromatic heterocycles. The molecule has 26 heavy (non-hydrogen) atoms. The van der Waals surface area contributed by atoms with Crippen molar-refractivity contribution in [3.05, 3.63) is 0 Å². The van der Waals surface area contributed by atoms with Gasteiger partial charge in [0.15, 0.2) is 0 Å². The fraction of sp³-hybridized carbons (Fsp3) is 1.00. The van der Waals surface area contributed by atoms with Gasteiger partial charge in [-0.2, -0.15) is 0 Å². The predicted octanol–water partition coefficient (Wildman–Crippen LogP) is 5.00. The van der Waals surface area contributed by atoms with Crippen LogP contribution in [0.2, 0.25) is 0 Å². The van der Waals surface area contributed by atoms with Crippen molar-refractivity contribution in [2.45, 2.75) is 96.6 Å². The molecule has 2 heteroatoms. The summed E-state index contributed by atoms with van der Waals surface area (Å²) in [5.41, 5.74) is 0.850. The molecule has 0 spiro atoms. The Hall–Kier alpha value is -0.0800. The zero-order chi connectivity index (χ0) is 18.2. The Kier molecular flexibility index (Phi) is 4.12. The van der Waals surface area contributed by atoms with Gasteiger partial charge < -0.3 is 9.59 Å². The largest absolute Gasteiger partial charge is 0.393 e. The van der Waals surface area contributed by atoms with Crippen LogP contribution in [0.4, 0.5) is 0 Å². The van der Waals surface area contributed by atoms with E-state index < -0.39 is 0 Å². The Morgan fingerprint density at radius 1 is 0.808 bits per heavy atom. The van der Waals surface area contributed by atoms with E-state index in [1.54, 1.807) is 0 Å². The molecule has 5 fully saturated rings. The van der Waals surface area contributed by atoms with Crippen molar-refractivity contribution in [2.75, 3.05) is 20.1 Å². The average Bonchev–Trinajstić information content (AvgIpc) is 3.19. The highest BCUT2D eigenvalue weighted by atomic mass is 16.3. The molecule has 8 atom stereocenters. The first kappa shape index (κ1) is 18.0. The normalized spacial score (nSPS) is 55.8. The van der Waals surface area contributed by atoms with Crippen LogP contribution in [0.15, 0.2) is 0 Å². The van der Waals surface area contributed by atoms with Crippen molar-refractivity contribution in [3.63, 3.8) is 0 Å². The van der Waals surface area contributed by atoms with E-state index in [-0.39, 0.29) is 11.5 Å². The van der Waals surface area contributed by atoms with Crippen LogP contribution in [0, 0.1) is 34.5 Å². The zero-order valence-corrected chi connectivity index (χ0v) is 17.6. The Bertz CT molecular complexity index is 554. The van der Waals surface area contributed by atoms with E-state index in [0.29, 0.717) is 5.41 Å². The van der Waals surface area contributed by atoms with Crippen molar-refractivity contribution in [1.82, 2.24) is 0 Å². The first-order valence-electron chi connectivity index (χ1n) is 11.9. The van der Waals surface area contributed by atoms with Gasteiger partial charge in [0, 0.05) is 19.3 Å². The Morgan fingerprint density at radius 2 is 1.50 bits per heavy atom. The molecule has 5 rings (SSSR count). The van der Waals surface area contributed by atoms with Crippen LogP contribution >= 0.6 is 0 Å². The Balaban J connectivity index is 1.36. The number of hydrogen-bond acceptors (Lipinski definition) is 1. The zero-order valence-electron chi connectivity index (χ0n) is 17.6. The fourth-order valence-corrected chi connectivity index (χ4v) is 9.20. The van der Waals surface area contributed by atoms with Crippen molar-refractivity contribution < 1.29 is 9.59 Å². The molecule has 0 radical (unpaired) electrons. The molecule has 1 saturated heterocycles. The minimum absolute atomic E-state index is 0.0191. The van der Waals surface area contributed by atoms with Gasteiger partial charge in [-0.1, -0.05) is 13.8 Å². The molecule has 148 valence electrons. The third-order valence-corrected chi connectivity index (χ3v) is 11.1. The highest BCUT2D eigenvalue weighted by molar-refractivity contribution is 5.09. The second-order valence-corrected chi connectivity index (χ2v) is 11.9. The maximum atomic E-state index is 10.7. The quantitative estimate of drug-likeness (QED) is 0.653. The van der Waals surface area contributed by atoms with Crippen LogP contribution in [-0.2, 0) is 0 Å². The molecular formula is C24H42NO+. The molecule has 0 amide bonds. The molecule has 3 unspecified atom stereocenters. The van der Waals surface area contributed by atoms with Crippen molar-refractivity contribution in [2.24, 2.45) is 34.5 Å². The van der Waals surface area contributed by atoms with E-state index in [0.717, 1.165) is 36.1 Å². The second-order valence-electron chi connectivity index (χ2n) is 11.9. The van der Waals surface area contributed by atoms with Gasteiger partial charge in [-0.05, 0) is 85.9 Å². The van der Waals surface area contributed by atoms with Gasteiger partial charge in [0.25, 0.3) is 0 Å². The van der Waals surface area contributed by atoms with Gasteiger partial charge in [0.1, 0.15) is 0 Å². The van der Waals surface area contributed by atoms with Gasteiger partial charge in [-0.25, -0.2) is 0 Å². The molecule has 0 aromatic carbocycles. The van der Waals surface area contributed by atoms with E-state index in [9.17, 15) is 5.11 Å². The van der Waals surface area contributed by atoms with E-state index in [4.69, 9.17) is 0 Å². The summed E-state index contributed by atoms with van der Waals surface area (Å²) in [6.45, 7) is 8.01. The van der Waals surface area contributed by atoms with Crippen LogP contribution in [-0.4, -0.2) is 41.9 Å². The van der Waals surface area contributed by atoms with E-state index in [1.165, 1.54) is 81.8 Å². The fourth-order valence-electron chi connectivity index (χ4n) is 9.20. The summed E-state index contributed by atoms with van der Waals surface area (Å²) in [6, 6.07) is 0.953. The summed E-state index contributed by atoms with van der Waals surface area (Å²) in [6.07, 6.45) is 15.4. The van der Waals surface area contributed by atoms with Crippen LogP contribution < -0.4 is 0 Å². The molecular weight excluding hydrogens is 318 g/mol. The van der Waals surface area contributed by atoms with Crippen molar-refractivity contribution in [1.29, 1.82) is 0 Å². The highest BCUT2D eigenvalue weighted by Gasteiger charge is 2.61. The van der Waals surface area contributed by atoms with Gasteiger partial charge in [0.2, 0.25) is 0 Å². The Labute approximate surface area is 161 Å². The maximum Gasteiger partial charge on any atom is 0.0891 e. The molecule has 5 aliphatic rings. The molecule has 1 aliphatic heterocycles. The van der Waals surface area contributed by atoms with Crippen molar-refractivity contribution >= 4 is 0 Å². The van der Waals surface area contributed by atoms with Gasteiger partial charge >= 0.3 is 0 Å². The van der Waals surface area contributed by atoms with Gasteiger partial charge in [-0.15, -0.1) is 0 Å². The number of rotatable bonds is 1. The van der Waals surface area contributed by atoms with Gasteiger partial charge in [-0.3, -0.25) is 0 Å². The van der Waals surface area contributed by atoms with Crippen molar-refractivity contribution in [3.8, 4) is 0 Å². The lowest BCUT2D eigenvalue weighted by Crippen LogP contribution is -2.58. The number of likely N-dealkylation sites (tertiary alicyclic amines) is 1. The molecule has 4 aliphatic carbocycles. The third-order valence-electron chi connectivity index (χ3n) is 11.1. The molecule has 1 heterocycles. The standard InChI is InChI=1S/C24H42NO/c1-23-12-10-18(25(3)14-4-5-15-25)16-17(23)6-7-19-20-8-9-22(26)24(20,2)13-11-21(19)23/h17-22,26H,4-16H2,1-3H3/q+1/t17-,18-,19?,20?,21?,22-,23-,24-/m0/s1. The minimum Gasteiger partial charge on any atom is -0.393 e. The number of fused-ring (bicyclic) bond motifs is 5. The average molecular weight is 361 g/mol. The SMILES string of the molecule is C[C@]12CCC3C(CC[C@H]4C[C@@H]([N+]5(C)CCCC5)CC[C@]34C)C1CC[C@@H]2O. The molecule has 0 bridgehead atoms. The molecule has 2 nitrogen and oxygen atoms in total. The summed E-state index contributed by atoms with van der Waals surface area (Å²) in [4.78, 5) is 0. The van der Waals surface area contributed by atoms with Crippen LogP contribution in [0.3, 0.4) is 0 Å². The molecule has 1 N–H and O–H groups in total. The lowest BCUT2D eigenvalue weighted by molar-refractivity contribution is -0.924. The van der Waals surface area contributed by atoms with Crippen LogP contribution in [0.25, 0.3) is 0 Å². The lowest BCUT2D eigenvalue weighted by Gasteiger charge is -2.61. The number of hydrogen-bond donors (Lipinski definition) is 1. The summed E-state index contributed by atoms with van der Waals surface area (Å²) >= 11 is 0. The van der Waals surface area contributed by atoms with E-state index in [1.807, 2.05) is 0 Å². The molecule has 0 aromatic rings. The summed E-state index contributed by atoms with van der Waals surface area (Å²) in [7, 11) is 2.57. The third kappa shape index (κ3) is 2.36. The second kappa shape index (κ2) is 5.96. The number of quaternary nitrogens is 1. The number of aliphatic hydroxyl groups excluding tert-OH is 1. The van der Waals surface area contributed by atoms with E-state index in [2.05, 4.69) is 20.9 Å². The highest BCUT2D eigenvalue weighted by Crippen LogP contribution is 2.66. The summed E-state index contributed by atoms with van der Waals surface area (Å²) in [5.74, 6) is 3.67. The van der Waals surface area contributed by atoms with Gasteiger partial charge in [0.05, 0.1) is 32.3 Å². The minimum atomic E-state index is -0.0191. The monoisotopic (exact) mass is 360 g/mol. The van der Waals surface area contributed by atoms with Crippen LogP contribution in [0.5, 0.6) is 0 Å². The predicted molar refractivity (Wildman–Crippen MR) is 107 cm³/mol. The topological polar surface area (TPSA) is 20.2 Å². The first-order valence-corrected chi connectivity index (χ1v) is 11.9. The van der Waals surface area contributed by atoms with Crippen LogP contribution in [0.1, 0.15) is 84.5 Å². The summed E-state index contributed by atoms with van der Waals surface area (Å²) in [5, 5.41) is 10.7. The van der Waals surface area contributed by atoms with E-state index >= 15 is 0 Å². The number of nitrogens with zero attached hydrogens (tertiary/aromatic N) is 1. The Morgan fingerprint density at radius 3 is 2.27 bits per heavy atom. The lowest BCUT2D eigenvalue weighted by atomic mass is 9.45. The smallest absolute Gasteiger partial charge is 0.0891 e. The molecule has 4 saturated carbocycles.